The van der Waals surface area contributed by atoms with Gasteiger partial charge in [-0.05, 0) is 49.8 Å². The molecule has 0 bridgehead atoms. The van der Waals surface area contributed by atoms with E-state index >= 15 is 0 Å². The van der Waals surface area contributed by atoms with Crippen LogP contribution in [0.1, 0.15) is 28.8 Å². The fourth-order valence-electron chi connectivity index (χ4n) is 3.02. The SMILES string of the molecule is Cc1ccccc1-c1nc2sc3c(c2c(=O)o1)CCCC3. The van der Waals surface area contributed by atoms with Crippen molar-refractivity contribution in [2.75, 3.05) is 0 Å². The van der Waals surface area contributed by atoms with Gasteiger partial charge in [0.1, 0.15) is 10.2 Å². The molecule has 1 aromatic carbocycles. The van der Waals surface area contributed by atoms with Crippen LogP contribution in [0.5, 0.6) is 0 Å². The van der Waals surface area contributed by atoms with Crippen molar-refractivity contribution in [1.29, 1.82) is 0 Å². The number of aromatic nitrogens is 1. The summed E-state index contributed by atoms with van der Waals surface area (Å²) in [5.74, 6) is 0.434. The number of benzene rings is 1. The van der Waals surface area contributed by atoms with E-state index in [1.54, 1.807) is 11.3 Å². The van der Waals surface area contributed by atoms with Gasteiger partial charge in [0.2, 0.25) is 5.89 Å². The van der Waals surface area contributed by atoms with Crippen LogP contribution in [0, 0.1) is 6.92 Å². The highest BCUT2D eigenvalue weighted by Gasteiger charge is 2.21. The van der Waals surface area contributed by atoms with Crippen LogP contribution in [0.15, 0.2) is 33.5 Å². The summed E-state index contributed by atoms with van der Waals surface area (Å²) in [6.45, 7) is 2.00. The maximum Gasteiger partial charge on any atom is 0.348 e. The lowest BCUT2D eigenvalue weighted by molar-refractivity contribution is 0.517. The fraction of sp³-hybridized carbons (Fsp3) is 0.294. The van der Waals surface area contributed by atoms with Crippen LogP contribution < -0.4 is 5.63 Å². The van der Waals surface area contributed by atoms with Crippen LogP contribution in [0.3, 0.4) is 0 Å². The lowest BCUT2D eigenvalue weighted by Gasteiger charge is -2.09. The van der Waals surface area contributed by atoms with Crippen molar-refractivity contribution in [3.8, 4) is 11.5 Å². The van der Waals surface area contributed by atoms with Crippen LogP contribution >= 0.6 is 11.3 Å². The summed E-state index contributed by atoms with van der Waals surface area (Å²) in [5.41, 5.74) is 2.90. The zero-order valence-corrected chi connectivity index (χ0v) is 12.6. The number of rotatable bonds is 1. The molecule has 0 spiro atoms. The van der Waals surface area contributed by atoms with Crippen molar-refractivity contribution in [3.63, 3.8) is 0 Å². The quantitative estimate of drug-likeness (QED) is 0.679. The molecule has 0 unspecified atom stereocenters. The molecule has 0 amide bonds. The van der Waals surface area contributed by atoms with Crippen molar-refractivity contribution in [2.45, 2.75) is 32.6 Å². The second-order valence-electron chi connectivity index (χ2n) is 5.51. The third-order valence-electron chi connectivity index (χ3n) is 4.12. The number of hydrogen-bond donors (Lipinski definition) is 0. The molecule has 4 rings (SSSR count). The molecule has 0 saturated heterocycles. The van der Waals surface area contributed by atoms with Gasteiger partial charge in [-0.25, -0.2) is 9.78 Å². The molecule has 3 aromatic rings. The summed E-state index contributed by atoms with van der Waals surface area (Å²) < 4.78 is 5.52. The first kappa shape index (κ1) is 12.8. The minimum absolute atomic E-state index is 0.238. The highest BCUT2D eigenvalue weighted by molar-refractivity contribution is 7.18. The van der Waals surface area contributed by atoms with Gasteiger partial charge >= 0.3 is 5.63 Å². The van der Waals surface area contributed by atoms with Gasteiger partial charge in [-0.15, -0.1) is 11.3 Å². The Morgan fingerprint density at radius 1 is 1.19 bits per heavy atom. The van der Waals surface area contributed by atoms with Crippen molar-refractivity contribution in [2.24, 2.45) is 0 Å². The van der Waals surface area contributed by atoms with E-state index in [1.807, 2.05) is 31.2 Å². The summed E-state index contributed by atoms with van der Waals surface area (Å²) in [4.78, 5) is 19.2. The normalized spacial score (nSPS) is 14.3. The Morgan fingerprint density at radius 2 is 2.00 bits per heavy atom. The Labute approximate surface area is 126 Å². The lowest BCUT2D eigenvalue weighted by Crippen LogP contribution is -2.06. The molecular formula is C17H15NO2S. The second kappa shape index (κ2) is 4.81. The monoisotopic (exact) mass is 297 g/mol. The summed E-state index contributed by atoms with van der Waals surface area (Å²) in [6, 6.07) is 7.85. The Bertz CT molecular complexity index is 891. The molecule has 21 heavy (non-hydrogen) atoms. The summed E-state index contributed by atoms with van der Waals surface area (Å²) >= 11 is 1.66. The van der Waals surface area contributed by atoms with Crippen molar-refractivity contribution in [1.82, 2.24) is 4.98 Å². The number of thiophene rings is 1. The second-order valence-corrected chi connectivity index (χ2v) is 6.60. The highest BCUT2D eigenvalue weighted by atomic mass is 32.1. The van der Waals surface area contributed by atoms with Crippen LogP contribution in [0.4, 0.5) is 0 Å². The first-order valence-corrected chi connectivity index (χ1v) is 8.07. The zero-order chi connectivity index (χ0) is 14.4. The molecule has 2 heterocycles. The van der Waals surface area contributed by atoms with Gasteiger partial charge in [0, 0.05) is 10.4 Å². The molecule has 1 aliphatic carbocycles. The topological polar surface area (TPSA) is 43.1 Å². The minimum Gasteiger partial charge on any atom is -0.403 e. The Hall–Kier alpha value is -1.94. The van der Waals surface area contributed by atoms with Crippen LogP contribution in [0.25, 0.3) is 21.7 Å². The Balaban J connectivity index is 1.98. The van der Waals surface area contributed by atoms with Crippen molar-refractivity contribution in [3.05, 3.63) is 50.7 Å². The molecular weight excluding hydrogens is 282 g/mol. The van der Waals surface area contributed by atoms with Gasteiger partial charge in [-0.3, -0.25) is 0 Å². The van der Waals surface area contributed by atoms with E-state index < -0.39 is 0 Å². The molecule has 0 atom stereocenters. The molecule has 4 heteroatoms. The predicted octanol–water partition coefficient (Wildman–Crippen LogP) is 4.10. The molecule has 0 saturated carbocycles. The highest BCUT2D eigenvalue weighted by Crippen LogP contribution is 2.34. The van der Waals surface area contributed by atoms with Gasteiger partial charge in [-0.2, -0.15) is 0 Å². The molecule has 0 radical (unpaired) electrons. The van der Waals surface area contributed by atoms with Crippen LogP contribution in [-0.2, 0) is 12.8 Å². The average molecular weight is 297 g/mol. The van der Waals surface area contributed by atoms with E-state index in [4.69, 9.17) is 4.42 Å². The summed E-state index contributed by atoms with van der Waals surface area (Å²) in [7, 11) is 0. The third-order valence-corrected chi connectivity index (χ3v) is 5.31. The van der Waals surface area contributed by atoms with E-state index in [2.05, 4.69) is 4.98 Å². The van der Waals surface area contributed by atoms with E-state index in [0.717, 1.165) is 35.2 Å². The summed E-state index contributed by atoms with van der Waals surface area (Å²) in [5, 5.41) is 0.715. The first-order valence-electron chi connectivity index (χ1n) is 7.25. The van der Waals surface area contributed by atoms with Gasteiger partial charge in [0.15, 0.2) is 0 Å². The van der Waals surface area contributed by atoms with Crippen LogP contribution in [0.2, 0.25) is 0 Å². The Morgan fingerprint density at radius 3 is 2.86 bits per heavy atom. The number of fused-ring (bicyclic) bond motifs is 3. The largest absolute Gasteiger partial charge is 0.403 e. The smallest absolute Gasteiger partial charge is 0.348 e. The maximum absolute atomic E-state index is 12.4. The molecule has 0 fully saturated rings. The fourth-order valence-corrected chi connectivity index (χ4v) is 4.27. The minimum atomic E-state index is -0.238. The molecule has 2 aromatic heterocycles. The summed E-state index contributed by atoms with van der Waals surface area (Å²) in [6.07, 6.45) is 4.40. The molecule has 3 nitrogen and oxygen atoms in total. The van der Waals surface area contributed by atoms with E-state index in [0.29, 0.717) is 11.3 Å². The zero-order valence-electron chi connectivity index (χ0n) is 11.8. The van der Waals surface area contributed by atoms with Gasteiger partial charge in [0.05, 0.1) is 0 Å². The van der Waals surface area contributed by atoms with Gasteiger partial charge < -0.3 is 4.42 Å². The molecule has 1 aliphatic rings. The van der Waals surface area contributed by atoms with Crippen molar-refractivity contribution >= 4 is 21.6 Å². The standard InChI is InChI=1S/C17H15NO2S/c1-10-6-2-3-7-11(10)15-18-16-14(17(19)20-15)12-8-4-5-9-13(12)21-16/h2-3,6-7H,4-5,8-9H2,1H3. The van der Waals surface area contributed by atoms with E-state index in [9.17, 15) is 4.79 Å². The molecule has 106 valence electrons. The average Bonchev–Trinajstić information content (AvgIpc) is 2.86. The van der Waals surface area contributed by atoms with Gasteiger partial charge in [0.25, 0.3) is 0 Å². The van der Waals surface area contributed by atoms with Gasteiger partial charge in [-0.1, -0.05) is 18.2 Å². The van der Waals surface area contributed by atoms with E-state index in [-0.39, 0.29) is 5.63 Å². The number of aryl methyl sites for hydroxylation is 3. The predicted molar refractivity (Wildman–Crippen MR) is 85.0 cm³/mol. The number of nitrogens with zero attached hydrogens (tertiary/aromatic N) is 1. The third kappa shape index (κ3) is 2.02. The molecule has 0 N–H and O–H groups in total. The van der Waals surface area contributed by atoms with E-state index in [1.165, 1.54) is 16.9 Å². The first-order chi connectivity index (χ1) is 10.2. The van der Waals surface area contributed by atoms with Crippen molar-refractivity contribution < 1.29 is 4.42 Å². The lowest BCUT2D eigenvalue weighted by atomic mass is 9.97. The maximum atomic E-state index is 12.4. The Kier molecular flexibility index (Phi) is 2.93. The van der Waals surface area contributed by atoms with Crippen LogP contribution in [-0.4, -0.2) is 4.98 Å². The number of hydrogen-bond acceptors (Lipinski definition) is 4. The molecule has 0 aliphatic heterocycles.